The van der Waals surface area contributed by atoms with Gasteiger partial charge in [-0.3, -0.25) is 4.72 Å². The fourth-order valence-corrected chi connectivity index (χ4v) is 2.97. The van der Waals surface area contributed by atoms with Gasteiger partial charge in [-0.15, -0.1) is 0 Å². The number of methoxy groups -OCH3 is 1. The van der Waals surface area contributed by atoms with Crippen molar-refractivity contribution >= 4 is 15.7 Å². The highest BCUT2D eigenvalue weighted by molar-refractivity contribution is 7.92. The van der Waals surface area contributed by atoms with Gasteiger partial charge < -0.3 is 4.74 Å². The van der Waals surface area contributed by atoms with Gasteiger partial charge >= 0.3 is 0 Å². The zero-order valence-electron chi connectivity index (χ0n) is 12.0. The number of benzene rings is 1. The number of hydrogen-bond donors (Lipinski definition) is 1. The Morgan fingerprint density at radius 3 is 2.52 bits per heavy atom. The molecule has 1 heterocycles. The normalized spacial score (nSPS) is 11.1. The lowest BCUT2D eigenvalue weighted by Gasteiger charge is -2.09. The predicted octanol–water partition coefficient (Wildman–Crippen LogP) is 2.84. The van der Waals surface area contributed by atoms with E-state index in [2.05, 4.69) is 16.6 Å². The van der Waals surface area contributed by atoms with Gasteiger partial charge in [-0.1, -0.05) is 25.5 Å². The minimum atomic E-state index is -3.60. The summed E-state index contributed by atoms with van der Waals surface area (Å²) in [7, 11) is -2.12. The Kier molecular flexibility index (Phi) is 4.80. The second-order valence-corrected chi connectivity index (χ2v) is 6.27. The molecule has 0 aliphatic carbocycles. The lowest BCUT2D eigenvalue weighted by atomic mass is 10.1. The van der Waals surface area contributed by atoms with Crippen LogP contribution in [-0.2, 0) is 16.4 Å². The van der Waals surface area contributed by atoms with E-state index < -0.39 is 10.0 Å². The number of nitrogens with zero attached hydrogens (tertiary/aromatic N) is 1. The molecular formula is C15H18N2O3S. The van der Waals surface area contributed by atoms with Gasteiger partial charge in [0.15, 0.2) is 0 Å². The molecule has 6 heteroatoms. The molecule has 1 aromatic heterocycles. The summed E-state index contributed by atoms with van der Waals surface area (Å²) in [5, 5.41) is 0. The van der Waals surface area contributed by atoms with Gasteiger partial charge in [-0.2, -0.15) is 0 Å². The van der Waals surface area contributed by atoms with Crippen molar-refractivity contribution in [1.82, 2.24) is 4.98 Å². The second kappa shape index (κ2) is 6.58. The Labute approximate surface area is 125 Å². The molecule has 0 fully saturated rings. The molecule has 2 aromatic rings. The maximum absolute atomic E-state index is 12.3. The van der Waals surface area contributed by atoms with Gasteiger partial charge in [0.2, 0.25) is 5.88 Å². The van der Waals surface area contributed by atoms with E-state index in [0.29, 0.717) is 11.6 Å². The summed E-state index contributed by atoms with van der Waals surface area (Å²) in [4.78, 5) is 4.17. The first-order chi connectivity index (χ1) is 10.0. The molecule has 112 valence electrons. The SMILES string of the molecule is CCCc1ccc(S(=O)(=O)Nc2ccnc(OC)c2)cc1. The van der Waals surface area contributed by atoms with Crippen LogP contribution >= 0.6 is 0 Å². The lowest BCUT2D eigenvalue weighted by molar-refractivity contribution is 0.398. The minimum Gasteiger partial charge on any atom is -0.481 e. The summed E-state index contributed by atoms with van der Waals surface area (Å²) in [5.74, 6) is 0.355. The molecule has 2 rings (SSSR count). The van der Waals surface area contributed by atoms with Gasteiger partial charge in [-0.05, 0) is 30.2 Å². The van der Waals surface area contributed by atoms with Crippen LogP contribution in [-0.4, -0.2) is 20.5 Å². The van der Waals surface area contributed by atoms with E-state index in [1.165, 1.54) is 19.4 Å². The third-order valence-corrected chi connectivity index (χ3v) is 4.37. The third-order valence-electron chi connectivity index (χ3n) is 2.97. The van der Waals surface area contributed by atoms with Gasteiger partial charge in [0.1, 0.15) is 0 Å². The fraction of sp³-hybridized carbons (Fsp3) is 0.267. The number of rotatable bonds is 6. The quantitative estimate of drug-likeness (QED) is 0.891. The summed E-state index contributed by atoms with van der Waals surface area (Å²) in [6, 6.07) is 10.0. The molecule has 0 atom stereocenters. The molecule has 0 bridgehead atoms. The molecule has 0 radical (unpaired) electrons. The summed E-state index contributed by atoms with van der Waals surface area (Å²) < 4.78 is 32.1. The van der Waals surface area contributed by atoms with E-state index >= 15 is 0 Å². The van der Waals surface area contributed by atoms with E-state index in [9.17, 15) is 8.42 Å². The van der Waals surface area contributed by atoms with Crippen LogP contribution in [0, 0.1) is 0 Å². The Morgan fingerprint density at radius 1 is 1.19 bits per heavy atom. The molecule has 0 spiro atoms. The Balaban J connectivity index is 2.21. The van der Waals surface area contributed by atoms with Gasteiger partial charge in [-0.25, -0.2) is 13.4 Å². The van der Waals surface area contributed by atoms with Crippen molar-refractivity contribution in [3.63, 3.8) is 0 Å². The molecule has 0 aliphatic rings. The van der Waals surface area contributed by atoms with Gasteiger partial charge in [0, 0.05) is 12.3 Å². The molecule has 0 amide bonds. The molecule has 0 saturated carbocycles. The number of anilines is 1. The topological polar surface area (TPSA) is 68.3 Å². The molecule has 0 aliphatic heterocycles. The first-order valence-corrected chi connectivity index (χ1v) is 8.15. The highest BCUT2D eigenvalue weighted by Gasteiger charge is 2.14. The second-order valence-electron chi connectivity index (χ2n) is 4.59. The number of ether oxygens (including phenoxy) is 1. The molecule has 1 aromatic carbocycles. The van der Waals surface area contributed by atoms with Crippen LogP contribution in [0.3, 0.4) is 0 Å². The zero-order valence-corrected chi connectivity index (χ0v) is 12.9. The monoisotopic (exact) mass is 306 g/mol. The van der Waals surface area contributed by atoms with Crippen LogP contribution in [0.15, 0.2) is 47.5 Å². The molecule has 5 nitrogen and oxygen atoms in total. The number of aromatic nitrogens is 1. The Morgan fingerprint density at radius 2 is 1.90 bits per heavy atom. The average Bonchev–Trinajstić information content (AvgIpc) is 2.48. The molecular weight excluding hydrogens is 288 g/mol. The highest BCUT2D eigenvalue weighted by atomic mass is 32.2. The van der Waals surface area contributed by atoms with E-state index in [0.717, 1.165) is 18.4 Å². The molecule has 0 unspecified atom stereocenters. The fourth-order valence-electron chi connectivity index (χ4n) is 1.92. The zero-order chi connectivity index (χ0) is 15.3. The van der Waals surface area contributed by atoms with Crippen molar-refractivity contribution < 1.29 is 13.2 Å². The lowest BCUT2D eigenvalue weighted by Crippen LogP contribution is -2.13. The van der Waals surface area contributed by atoms with E-state index in [4.69, 9.17) is 4.74 Å². The van der Waals surface area contributed by atoms with Crippen LogP contribution in [0.5, 0.6) is 5.88 Å². The molecule has 1 N–H and O–H groups in total. The van der Waals surface area contributed by atoms with E-state index in [-0.39, 0.29) is 4.90 Å². The van der Waals surface area contributed by atoms with Gasteiger partial charge in [0.05, 0.1) is 17.7 Å². The highest BCUT2D eigenvalue weighted by Crippen LogP contribution is 2.19. The summed E-state index contributed by atoms with van der Waals surface area (Å²) >= 11 is 0. The van der Waals surface area contributed by atoms with Crippen molar-refractivity contribution in [2.75, 3.05) is 11.8 Å². The smallest absolute Gasteiger partial charge is 0.261 e. The maximum Gasteiger partial charge on any atom is 0.261 e. The van der Waals surface area contributed by atoms with Crippen LogP contribution < -0.4 is 9.46 Å². The molecule has 0 saturated heterocycles. The standard InChI is InChI=1S/C15H18N2O3S/c1-3-4-12-5-7-14(8-6-12)21(18,19)17-13-9-10-16-15(11-13)20-2/h5-11H,3-4H2,1-2H3,(H,16,17). The van der Waals surface area contributed by atoms with Crippen LogP contribution in [0.2, 0.25) is 0 Å². The summed E-state index contributed by atoms with van der Waals surface area (Å²) in [5.41, 5.74) is 1.54. The van der Waals surface area contributed by atoms with Crippen molar-refractivity contribution in [2.24, 2.45) is 0 Å². The summed E-state index contributed by atoms with van der Waals surface area (Å²) in [6.07, 6.45) is 3.46. The Bertz CT molecular complexity index is 697. The van der Waals surface area contributed by atoms with Crippen LogP contribution in [0.1, 0.15) is 18.9 Å². The van der Waals surface area contributed by atoms with Crippen molar-refractivity contribution in [2.45, 2.75) is 24.7 Å². The van der Waals surface area contributed by atoms with Gasteiger partial charge in [0.25, 0.3) is 10.0 Å². The van der Waals surface area contributed by atoms with Crippen molar-refractivity contribution in [1.29, 1.82) is 0 Å². The molecule has 21 heavy (non-hydrogen) atoms. The van der Waals surface area contributed by atoms with E-state index in [1.807, 2.05) is 12.1 Å². The maximum atomic E-state index is 12.3. The van der Waals surface area contributed by atoms with Crippen LogP contribution in [0.4, 0.5) is 5.69 Å². The number of pyridine rings is 1. The first-order valence-electron chi connectivity index (χ1n) is 6.67. The number of hydrogen-bond acceptors (Lipinski definition) is 4. The number of sulfonamides is 1. The van der Waals surface area contributed by atoms with E-state index in [1.54, 1.807) is 18.2 Å². The minimum absolute atomic E-state index is 0.234. The third kappa shape index (κ3) is 3.95. The Hall–Kier alpha value is -2.08. The first kappa shape index (κ1) is 15.3. The van der Waals surface area contributed by atoms with Crippen molar-refractivity contribution in [3.05, 3.63) is 48.2 Å². The largest absolute Gasteiger partial charge is 0.481 e. The predicted molar refractivity (Wildman–Crippen MR) is 82.0 cm³/mol. The van der Waals surface area contributed by atoms with Crippen molar-refractivity contribution in [3.8, 4) is 5.88 Å². The average molecular weight is 306 g/mol. The van der Waals surface area contributed by atoms with Crippen LogP contribution in [0.25, 0.3) is 0 Å². The summed E-state index contributed by atoms with van der Waals surface area (Å²) in [6.45, 7) is 2.09. The number of nitrogens with one attached hydrogen (secondary N) is 1. The number of aryl methyl sites for hydroxylation is 1.